The second-order valence-electron chi connectivity index (χ2n) is 6.29. The molecule has 0 aliphatic carbocycles. The molecule has 0 unspecified atom stereocenters. The van der Waals surface area contributed by atoms with E-state index in [-0.39, 0.29) is 17.2 Å². The molecule has 0 saturated carbocycles. The van der Waals surface area contributed by atoms with E-state index in [2.05, 4.69) is 25.3 Å². The highest BCUT2D eigenvalue weighted by molar-refractivity contribution is 7.92. The van der Waals surface area contributed by atoms with Gasteiger partial charge in [-0.2, -0.15) is 0 Å². The number of benzene rings is 1. The predicted molar refractivity (Wildman–Crippen MR) is 105 cm³/mol. The predicted octanol–water partition coefficient (Wildman–Crippen LogP) is 2.38. The molecule has 0 radical (unpaired) electrons. The summed E-state index contributed by atoms with van der Waals surface area (Å²) in [5.74, 6) is 0.485. The van der Waals surface area contributed by atoms with Crippen LogP contribution in [0.5, 0.6) is 0 Å². The summed E-state index contributed by atoms with van der Waals surface area (Å²) >= 11 is 0. The van der Waals surface area contributed by atoms with Gasteiger partial charge < -0.3 is 10.6 Å². The number of aromatic nitrogens is 2. The molecule has 1 amide bonds. The first-order valence-corrected chi connectivity index (χ1v) is 10.0. The van der Waals surface area contributed by atoms with Crippen molar-refractivity contribution in [2.75, 3.05) is 15.4 Å². The average Bonchev–Trinajstić information content (AvgIpc) is 3.07. The third-order valence-corrected chi connectivity index (χ3v) is 5.63. The van der Waals surface area contributed by atoms with Crippen LogP contribution in [0.4, 0.5) is 17.2 Å². The van der Waals surface area contributed by atoms with Crippen LogP contribution in [0.2, 0.25) is 0 Å². The van der Waals surface area contributed by atoms with E-state index < -0.39 is 10.0 Å². The molecule has 0 fully saturated rings. The smallest absolute Gasteiger partial charge is 0.261 e. The zero-order chi connectivity index (χ0) is 19.6. The van der Waals surface area contributed by atoms with Gasteiger partial charge in [0.15, 0.2) is 0 Å². The van der Waals surface area contributed by atoms with E-state index in [4.69, 9.17) is 0 Å². The van der Waals surface area contributed by atoms with Crippen molar-refractivity contribution in [3.63, 3.8) is 0 Å². The number of rotatable bonds is 6. The van der Waals surface area contributed by atoms with E-state index in [0.717, 1.165) is 5.56 Å². The monoisotopic (exact) mass is 395 g/mol. The maximum Gasteiger partial charge on any atom is 0.261 e. The molecule has 3 aromatic rings. The van der Waals surface area contributed by atoms with Gasteiger partial charge in [0.05, 0.1) is 23.2 Å². The van der Waals surface area contributed by atoms with Crippen LogP contribution >= 0.6 is 0 Å². The topological polar surface area (TPSA) is 113 Å². The molecule has 28 heavy (non-hydrogen) atoms. The second kappa shape index (κ2) is 7.28. The van der Waals surface area contributed by atoms with E-state index in [9.17, 15) is 13.2 Å². The van der Waals surface area contributed by atoms with Crippen LogP contribution in [0, 0.1) is 0 Å². The van der Waals surface area contributed by atoms with Gasteiger partial charge in [-0.3, -0.25) is 14.5 Å². The molecule has 0 bridgehead atoms. The van der Waals surface area contributed by atoms with Crippen LogP contribution in [0.1, 0.15) is 11.1 Å². The summed E-state index contributed by atoms with van der Waals surface area (Å²) in [6.45, 7) is 0.586. The summed E-state index contributed by atoms with van der Waals surface area (Å²) in [7, 11) is -3.78. The third kappa shape index (κ3) is 3.94. The minimum Gasteiger partial charge on any atom is -0.366 e. The van der Waals surface area contributed by atoms with Crippen molar-refractivity contribution in [1.82, 2.24) is 9.97 Å². The van der Waals surface area contributed by atoms with Crippen molar-refractivity contribution >= 4 is 33.1 Å². The average molecular weight is 395 g/mol. The van der Waals surface area contributed by atoms with Crippen molar-refractivity contribution < 1.29 is 13.2 Å². The van der Waals surface area contributed by atoms with Gasteiger partial charge in [0.1, 0.15) is 5.82 Å². The van der Waals surface area contributed by atoms with Gasteiger partial charge in [-0.1, -0.05) is 0 Å². The van der Waals surface area contributed by atoms with Gasteiger partial charge in [0, 0.05) is 24.6 Å². The molecular formula is C19H17N5O3S. The van der Waals surface area contributed by atoms with Crippen molar-refractivity contribution in [2.24, 2.45) is 0 Å². The van der Waals surface area contributed by atoms with Crippen LogP contribution in [0.25, 0.3) is 0 Å². The van der Waals surface area contributed by atoms with E-state index >= 15 is 0 Å². The first-order chi connectivity index (χ1) is 13.5. The highest BCUT2D eigenvalue weighted by atomic mass is 32.2. The number of nitrogens with one attached hydrogen (secondary N) is 3. The largest absolute Gasteiger partial charge is 0.366 e. The molecule has 9 heteroatoms. The lowest BCUT2D eigenvalue weighted by atomic mass is 10.2. The molecule has 0 spiro atoms. The van der Waals surface area contributed by atoms with Crippen molar-refractivity contribution in [3.8, 4) is 0 Å². The van der Waals surface area contributed by atoms with E-state index in [1.54, 1.807) is 30.6 Å². The quantitative estimate of drug-likeness (QED) is 0.591. The van der Waals surface area contributed by atoms with E-state index in [0.29, 0.717) is 29.3 Å². The van der Waals surface area contributed by atoms with Crippen molar-refractivity contribution in [1.29, 1.82) is 0 Å². The van der Waals surface area contributed by atoms with Crippen LogP contribution in [-0.4, -0.2) is 24.3 Å². The fourth-order valence-electron chi connectivity index (χ4n) is 2.84. The molecule has 3 N–H and O–H groups in total. The van der Waals surface area contributed by atoms with Gasteiger partial charge in [-0.25, -0.2) is 13.4 Å². The van der Waals surface area contributed by atoms with Crippen molar-refractivity contribution in [3.05, 3.63) is 72.2 Å². The lowest BCUT2D eigenvalue weighted by molar-refractivity contribution is -0.115. The lowest BCUT2D eigenvalue weighted by Crippen LogP contribution is -2.13. The zero-order valence-electron chi connectivity index (χ0n) is 14.7. The third-order valence-electron chi connectivity index (χ3n) is 4.25. The molecule has 1 aliphatic rings. The minimum atomic E-state index is -3.78. The number of hydrogen-bond acceptors (Lipinski definition) is 6. The Morgan fingerprint density at radius 2 is 1.89 bits per heavy atom. The maximum atomic E-state index is 12.6. The van der Waals surface area contributed by atoms with Crippen LogP contribution < -0.4 is 15.4 Å². The Labute approximate surface area is 162 Å². The summed E-state index contributed by atoms with van der Waals surface area (Å²) in [6.07, 6.45) is 5.06. The Bertz CT molecular complexity index is 1120. The van der Waals surface area contributed by atoms with Gasteiger partial charge >= 0.3 is 0 Å². The molecule has 1 aromatic carbocycles. The molecule has 0 atom stereocenters. The Morgan fingerprint density at radius 1 is 1.07 bits per heavy atom. The zero-order valence-corrected chi connectivity index (χ0v) is 15.5. The molecule has 0 saturated heterocycles. The molecule has 1 aliphatic heterocycles. The standard InChI is InChI=1S/C19H17N5O3S/c25-19-10-14-9-16(2-3-17(14)23-19)28(26,27)24-15-1-4-18(22-12-15)21-11-13-5-7-20-8-6-13/h1-9,12,24H,10-11H2,(H,21,22)(H,23,25). The molecular weight excluding hydrogens is 378 g/mol. The molecule has 8 nitrogen and oxygen atoms in total. The SMILES string of the molecule is O=C1Cc2cc(S(=O)(=O)Nc3ccc(NCc4ccncc4)nc3)ccc2N1. The van der Waals surface area contributed by atoms with Gasteiger partial charge in [0.2, 0.25) is 5.91 Å². The molecule has 4 rings (SSSR count). The number of hydrogen-bond donors (Lipinski definition) is 3. The van der Waals surface area contributed by atoms with Crippen molar-refractivity contribution in [2.45, 2.75) is 17.9 Å². The number of anilines is 3. The summed E-state index contributed by atoms with van der Waals surface area (Å²) < 4.78 is 27.7. The van der Waals surface area contributed by atoms with Crippen LogP contribution in [-0.2, 0) is 27.8 Å². The van der Waals surface area contributed by atoms with Crippen LogP contribution in [0.3, 0.4) is 0 Å². The highest BCUT2D eigenvalue weighted by Gasteiger charge is 2.22. The molecule has 2 aromatic heterocycles. The molecule has 142 valence electrons. The highest BCUT2D eigenvalue weighted by Crippen LogP contribution is 2.26. The minimum absolute atomic E-state index is 0.0997. The van der Waals surface area contributed by atoms with E-state index in [1.165, 1.54) is 18.3 Å². The second-order valence-corrected chi connectivity index (χ2v) is 7.97. The van der Waals surface area contributed by atoms with Gasteiger partial charge in [-0.15, -0.1) is 0 Å². The lowest BCUT2D eigenvalue weighted by Gasteiger charge is -2.10. The Morgan fingerprint density at radius 3 is 2.64 bits per heavy atom. The maximum absolute atomic E-state index is 12.6. The first kappa shape index (κ1) is 17.9. The Kier molecular flexibility index (Phi) is 4.66. The number of nitrogens with zero attached hydrogens (tertiary/aromatic N) is 2. The number of pyridine rings is 2. The van der Waals surface area contributed by atoms with Gasteiger partial charge in [-0.05, 0) is 53.6 Å². The Balaban J connectivity index is 1.43. The number of sulfonamides is 1. The summed E-state index contributed by atoms with van der Waals surface area (Å²) in [6, 6.07) is 11.7. The molecule has 3 heterocycles. The van der Waals surface area contributed by atoms with Crippen LogP contribution in [0.15, 0.2) is 66.0 Å². The summed E-state index contributed by atoms with van der Waals surface area (Å²) in [4.78, 5) is 19.7. The summed E-state index contributed by atoms with van der Waals surface area (Å²) in [5, 5.41) is 5.84. The Hall–Kier alpha value is -3.46. The fourth-order valence-corrected chi connectivity index (χ4v) is 3.93. The number of amides is 1. The van der Waals surface area contributed by atoms with Gasteiger partial charge in [0.25, 0.3) is 10.0 Å². The fraction of sp³-hybridized carbons (Fsp3) is 0.105. The normalized spacial score (nSPS) is 12.9. The number of fused-ring (bicyclic) bond motifs is 1. The first-order valence-electron chi connectivity index (χ1n) is 8.54. The summed E-state index contributed by atoms with van der Waals surface area (Å²) in [5.41, 5.74) is 2.73. The van der Waals surface area contributed by atoms with E-state index in [1.807, 2.05) is 12.1 Å². The number of carbonyl (C=O) groups is 1. The number of carbonyl (C=O) groups excluding carboxylic acids is 1.